The van der Waals surface area contributed by atoms with Gasteiger partial charge in [0.2, 0.25) is 0 Å². The molecule has 0 aliphatic rings. The van der Waals surface area contributed by atoms with Crippen molar-refractivity contribution < 1.29 is 19.1 Å². The molecule has 0 spiro atoms. The van der Waals surface area contributed by atoms with Crippen LogP contribution < -0.4 is 21.3 Å². The van der Waals surface area contributed by atoms with E-state index in [4.69, 9.17) is 0 Å². The van der Waals surface area contributed by atoms with E-state index in [1.54, 1.807) is 29.5 Å². The number of rotatable bonds is 17. The van der Waals surface area contributed by atoms with Crippen LogP contribution in [0.4, 0.5) is 14.0 Å². The van der Waals surface area contributed by atoms with E-state index in [1.807, 2.05) is 77.8 Å². The van der Waals surface area contributed by atoms with Crippen molar-refractivity contribution in [2.24, 2.45) is 0 Å². The van der Waals surface area contributed by atoms with Gasteiger partial charge in [0.05, 0.1) is 0 Å². The van der Waals surface area contributed by atoms with E-state index in [1.165, 1.54) is 11.6 Å². The highest BCUT2D eigenvalue weighted by molar-refractivity contribution is 7.07. The number of benzene rings is 3. The van der Waals surface area contributed by atoms with E-state index < -0.39 is 0 Å². The van der Waals surface area contributed by atoms with Crippen molar-refractivity contribution in [3.8, 4) is 16.9 Å². The molecule has 2 atom stereocenters. The first kappa shape index (κ1) is 39.3. The standard InChI is InChI=1S/C40H53FN6O3S/c1-40(2,24-30-17-19-51-27-30)45-39(50)44-26-35(47(5)6)22-29-8-7-9-31(20-29)32-12-15-37(41)33(23-32)16-18-42-38(49)43-25-34(46(3)4)21-28-10-13-36(48)14-11-28/h7-15,17,19-20,23,27,34-35,48H,16,18,21-22,24-26H2,1-6H3,(H2,42,43,49)(H2,44,45,50). The number of nitrogens with zero attached hydrogens (tertiary/aromatic N) is 2. The zero-order valence-corrected chi connectivity index (χ0v) is 31.4. The summed E-state index contributed by atoms with van der Waals surface area (Å²) in [5.41, 5.74) is 5.40. The monoisotopic (exact) mass is 716 g/mol. The number of likely N-dealkylation sites (N-methyl/N-ethyl adjacent to an activating group) is 2. The predicted octanol–water partition coefficient (Wildman–Crippen LogP) is 6.07. The summed E-state index contributed by atoms with van der Waals surface area (Å²) in [6, 6.07) is 22.1. The van der Waals surface area contributed by atoms with Crippen LogP contribution in [0, 0.1) is 5.82 Å². The summed E-state index contributed by atoms with van der Waals surface area (Å²) in [7, 11) is 7.94. The summed E-state index contributed by atoms with van der Waals surface area (Å²) >= 11 is 1.65. The van der Waals surface area contributed by atoms with Crippen LogP contribution in [-0.4, -0.2) is 92.4 Å². The van der Waals surface area contributed by atoms with Crippen LogP contribution in [0.1, 0.15) is 36.1 Å². The summed E-state index contributed by atoms with van der Waals surface area (Å²) in [5.74, 6) is -0.0897. The topological polar surface area (TPSA) is 109 Å². The van der Waals surface area contributed by atoms with Crippen LogP contribution in [0.25, 0.3) is 11.1 Å². The normalized spacial score (nSPS) is 12.8. The largest absolute Gasteiger partial charge is 0.508 e. The number of carbonyl (C=O) groups is 2. The number of hydrogen-bond donors (Lipinski definition) is 5. The average Bonchev–Trinajstić information content (AvgIpc) is 3.58. The fraction of sp³-hybridized carbons (Fsp3) is 0.400. The van der Waals surface area contributed by atoms with Crippen LogP contribution in [0.3, 0.4) is 0 Å². The molecule has 4 aromatic rings. The average molecular weight is 717 g/mol. The Kier molecular flexibility index (Phi) is 14.4. The second-order valence-corrected chi connectivity index (χ2v) is 15.0. The minimum Gasteiger partial charge on any atom is -0.508 e. The highest BCUT2D eigenvalue weighted by Gasteiger charge is 2.22. The molecule has 3 aromatic carbocycles. The first-order chi connectivity index (χ1) is 24.3. The Labute approximate surface area is 306 Å². The Bertz CT molecular complexity index is 1690. The van der Waals surface area contributed by atoms with Crippen molar-refractivity contribution in [1.82, 2.24) is 31.1 Å². The van der Waals surface area contributed by atoms with E-state index in [0.29, 0.717) is 31.5 Å². The van der Waals surface area contributed by atoms with E-state index in [9.17, 15) is 19.1 Å². The minimum atomic E-state index is -0.380. The van der Waals surface area contributed by atoms with Crippen molar-refractivity contribution >= 4 is 23.4 Å². The van der Waals surface area contributed by atoms with Gasteiger partial charge in [-0.25, -0.2) is 14.0 Å². The van der Waals surface area contributed by atoms with Crippen molar-refractivity contribution in [2.75, 3.05) is 47.8 Å². The van der Waals surface area contributed by atoms with Gasteiger partial charge in [-0.2, -0.15) is 11.3 Å². The van der Waals surface area contributed by atoms with E-state index in [-0.39, 0.29) is 47.8 Å². The lowest BCUT2D eigenvalue weighted by Gasteiger charge is -2.28. The van der Waals surface area contributed by atoms with Gasteiger partial charge in [0, 0.05) is 37.3 Å². The summed E-state index contributed by atoms with van der Waals surface area (Å²) in [5, 5.41) is 25.7. The SMILES string of the molecule is CN(C)C(CNC(=O)NCCc1cc(-c2cccc(CC(CNC(=O)NC(C)(C)Cc3ccsc3)N(C)C)c2)ccc1F)Cc1ccc(O)cc1. The Hall–Kier alpha value is -4.45. The third-order valence-electron chi connectivity index (χ3n) is 9.00. The maximum absolute atomic E-state index is 14.9. The lowest BCUT2D eigenvalue weighted by molar-refractivity contribution is 0.221. The Morgan fingerprint density at radius 3 is 2.08 bits per heavy atom. The number of amides is 4. The molecular weight excluding hydrogens is 664 g/mol. The van der Waals surface area contributed by atoms with Gasteiger partial charge in [-0.1, -0.05) is 42.5 Å². The number of hydrogen-bond acceptors (Lipinski definition) is 6. The van der Waals surface area contributed by atoms with Gasteiger partial charge in [-0.3, -0.25) is 0 Å². The maximum Gasteiger partial charge on any atom is 0.315 e. The van der Waals surface area contributed by atoms with Crippen molar-refractivity contribution in [3.05, 3.63) is 112 Å². The molecule has 11 heteroatoms. The van der Waals surface area contributed by atoms with E-state index in [2.05, 4.69) is 54.6 Å². The van der Waals surface area contributed by atoms with Crippen molar-refractivity contribution in [3.63, 3.8) is 0 Å². The van der Waals surface area contributed by atoms with Crippen LogP contribution in [0.5, 0.6) is 5.75 Å². The van der Waals surface area contributed by atoms with Gasteiger partial charge in [0.25, 0.3) is 0 Å². The highest BCUT2D eigenvalue weighted by Crippen LogP contribution is 2.24. The van der Waals surface area contributed by atoms with E-state index in [0.717, 1.165) is 35.1 Å². The number of nitrogens with one attached hydrogen (secondary N) is 4. The lowest BCUT2D eigenvalue weighted by Crippen LogP contribution is -2.52. The van der Waals surface area contributed by atoms with Crippen molar-refractivity contribution in [1.29, 1.82) is 0 Å². The number of carbonyl (C=O) groups excluding carboxylic acids is 2. The summed E-state index contributed by atoms with van der Waals surface area (Å²) in [6.45, 7) is 5.25. The molecule has 0 saturated carbocycles. The van der Waals surface area contributed by atoms with Crippen molar-refractivity contribution in [2.45, 2.75) is 57.2 Å². The molecule has 0 bridgehead atoms. The number of phenols is 1. The van der Waals surface area contributed by atoms with Gasteiger partial charge in [0.15, 0.2) is 0 Å². The molecule has 0 aliphatic heterocycles. The Morgan fingerprint density at radius 2 is 1.43 bits per heavy atom. The maximum atomic E-state index is 14.9. The van der Waals surface area contributed by atoms with Gasteiger partial charge in [0.1, 0.15) is 11.6 Å². The van der Waals surface area contributed by atoms with Crippen LogP contribution >= 0.6 is 11.3 Å². The third kappa shape index (κ3) is 13.0. The molecule has 0 radical (unpaired) electrons. The molecule has 1 aromatic heterocycles. The molecule has 0 saturated heterocycles. The number of halogens is 1. The third-order valence-corrected chi connectivity index (χ3v) is 9.73. The number of urea groups is 2. The number of phenolic OH excluding ortho intramolecular Hbond substituents is 1. The summed E-state index contributed by atoms with van der Waals surface area (Å²) in [4.78, 5) is 29.6. The molecule has 0 fully saturated rings. The molecule has 51 heavy (non-hydrogen) atoms. The fourth-order valence-electron chi connectivity index (χ4n) is 5.97. The molecule has 9 nitrogen and oxygen atoms in total. The second kappa shape index (κ2) is 18.7. The second-order valence-electron chi connectivity index (χ2n) is 14.2. The Balaban J connectivity index is 1.28. The quantitative estimate of drug-likeness (QED) is 0.0913. The van der Waals surface area contributed by atoms with Gasteiger partial charge < -0.3 is 36.2 Å². The Morgan fingerprint density at radius 1 is 0.784 bits per heavy atom. The zero-order chi connectivity index (χ0) is 37.0. The first-order valence-electron chi connectivity index (χ1n) is 17.4. The summed E-state index contributed by atoms with van der Waals surface area (Å²) in [6.07, 6.45) is 2.53. The highest BCUT2D eigenvalue weighted by atomic mass is 32.1. The lowest BCUT2D eigenvalue weighted by atomic mass is 9.96. The van der Waals surface area contributed by atoms with Crippen LogP contribution in [-0.2, 0) is 25.7 Å². The van der Waals surface area contributed by atoms with Crippen LogP contribution in [0.15, 0.2) is 83.6 Å². The fourth-order valence-corrected chi connectivity index (χ4v) is 6.64. The van der Waals surface area contributed by atoms with Gasteiger partial charge >= 0.3 is 12.1 Å². The zero-order valence-electron chi connectivity index (χ0n) is 30.6. The molecule has 5 N–H and O–H groups in total. The summed E-state index contributed by atoms with van der Waals surface area (Å²) < 4.78 is 14.9. The van der Waals surface area contributed by atoms with Crippen LogP contribution in [0.2, 0.25) is 0 Å². The molecule has 4 amide bonds. The number of aromatic hydroxyl groups is 1. The first-order valence-corrected chi connectivity index (χ1v) is 18.3. The predicted molar refractivity (Wildman–Crippen MR) is 206 cm³/mol. The molecule has 0 aliphatic carbocycles. The number of thiophene rings is 1. The van der Waals surface area contributed by atoms with Gasteiger partial charge in [-0.05, 0) is 142 Å². The van der Waals surface area contributed by atoms with E-state index >= 15 is 0 Å². The molecule has 1 heterocycles. The van der Waals surface area contributed by atoms with Gasteiger partial charge in [-0.15, -0.1) is 0 Å². The molecule has 4 rings (SSSR count). The molecular formula is C40H53FN6O3S. The molecule has 274 valence electrons. The molecule has 2 unspecified atom stereocenters. The minimum absolute atomic E-state index is 0.0628. The smallest absolute Gasteiger partial charge is 0.315 e.